The zero-order valence-electron chi connectivity index (χ0n) is 9.73. The van der Waals surface area contributed by atoms with E-state index in [4.69, 9.17) is 5.11 Å². The van der Waals surface area contributed by atoms with Gasteiger partial charge in [-0.3, -0.25) is 4.79 Å². The van der Waals surface area contributed by atoms with Crippen molar-refractivity contribution < 1.29 is 9.90 Å². The Morgan fingerprint density at radius 2 is 2.00 bits per heavy atom. The number of hydrogen-bond acceptors (Lipinski definition) is 3. The number of rotatable bonds is 5. The summed E-state index contributed by atoms with van der Waals surface area (Å²) in [6, 6.07) is 7.55. The number of aliphatic hydroxyl groups is 1. The van der Waals surface area contributed by atoms with E-state index < -0.39 is 0 Å². The molecule has 4 heteroatoms. The Kier molecular flexibility index (Phi) is 4.79. The highest BCUT2D eigenvalue weighted by molar-refractivity contribution is 5.90. The van der Waals surface area contributed by atoms with Crippen LogP contribution < -0.4 is 10.2 Å². The summed E-state index contributed by atoms with van der Waals surface area (Å²) < 4.78 is 0. The van der Waals surface area contributed by atoms with Gasteiger partial charge in [-0.2, -0.15) is 0 Å². The number of carbonyl (C=O) groups is 1. The molecule has 0 spiro atoms. The molecule has 0 radical (unpaired) electrons. The van der Waals surface area contributed by atoms with Crippen LogP contribution in [0.4, 0.5) is 11.4 Å². The summed E-state index contributed by atoms with van der Waals surface area (Å²) in [4.78, 5) is 13.1. The third-order valence-corrected chi connectivity index (χ3v) is 2.35. The van der Waals surface area contributed by atoms with Crippen molar-refractivity contribution in [3.8, 4) is 0 Å². The molecule has 0 heterocycles. The van der Waals surface area contributed by atoms with E-state index in [2.05, 4.69) is 5.32 Å². The van der Waals surface area contributed by atoms with Crippen LogP contribution in [0.25, 0.3) is 0 Å². The molecule has 0 unspecified atom stereocenters. The molecule has 0 aliphatic heterocycles. The van der Waals surface area contributed by atoms with Crippen molar-refractivity contribution in [1.29, 1.82) is 0 Å². The van der Waals surface area contributed by atoms with Crippen molar-refractivity contribution in [2.75, 3.05) is 30.4 Å². The van der Waals surface area contributed by atoms with Gasteiger partial charge in [0.1, 0.15) is 0 Å². The first-order valence-corrected chi connectivity index (χ1v) is 5.39. The molecule has 0 bridgehead atoms. The molecule has 2 N–H and O–H groups in total. The van der Waals surface area contributed by atoms with Crippen LogP contribution in [0, 0.1) is 0 Å². The van der Waals surface area contributed by atoms with Gasteiger partial charge in [-0.15, -0.1) is 0 Å². The van der Waals surface area contributed by atoms with Gasteiger partial charge < -0.3 is 15.3 Å². The van der Waals surface area contributed by atoms with E-state index in [-0.39, 0.29) is 12.5 Å². The zero-order chi connectivity index (χ0) is 12.0. The summed E-state index contributed by atoms with van der Waals surface area (Å²) in [6.07, 6.45) is 0.478. The lowest BCUT2D eigenvalue weighted by Crippen LogP contribution is -2.21. The Bertz CT molecular complexity index is 335. The number of aliphatic hydroxyl groups excluding tert-OH is 1. The molecule has 0 fully saturated rings. The fraction of sp³-hybridized carbons (Fsp3) is 0.417. The summed E-state index contributed by atoms with van der Waals surface area (Å²) in [5.74, 6) is 0.0106. The molecule has 1 amide bonds. The van der Waals surface area contributed by atoms with Crippen molar-refractivity contribution in [3.63, 3.8) is 0 Å². The molecule has 88 valence electrons. The first-order chi connectivity index (χ1) is 7.67. The fourth-order valence-electron chi connectivity index (χ4n) is 1.33. The number of amides is 1. The van der Waals surface area contributed by atoms with Gasteiger partial charge in [-0.25, -0.2) is 0 Å². The van der Waals surface area contributed by atoms with E-state index in [1.807, 2.05) is 43.1 Å². The van der Waals surface area contributed by atoms with Gasteiger partial charge in [0.25, 0.3) is 0 Å². The van der Waals surface area contributed by atoms with Gasteiger partial charge in [0, 0.05) is 31.4 Å². The zero-order valence-corrected chi connectivity index (χ0v) is 9.73. The van der Waals surface area contributed by atoms with Crippen LogP contribution in [-0.2, 0) is 4.79 Å². The number of hydrogen-bond donors (Lipinski definition) is 2. The van der Waals surface area contributed by atoms with Crippen LogP contribution >= 0.6 is 0 Å². The fourth-order valence-corrected chi connectivity index (χ4v) is 1.33. The normalized spacial score (nSPS) is 9.94. The molecule has 0 saturated carbocycles. The lowest BCUT2D eigenvalue weighted by molar-refractivity contribution is -0.115. The maximum atomic E-state index is 11.1. The Balaban J connectivity index is 2.64. The minimum atomic E-state index is 0.0106. The largest absolute Gasteiger partial charge is 0.395 e. The van der Waals surface area contributed by atoms with Crippen LogP contribution in [0.15, 0.2) is 24.3 Å². The average Bonchev–Trinajstić information content (AvgIpc) is 2.30. The first kappa shape index (κ1) is 12.5. The summed E-state index contributed by atoms with van der Waals surface area (Å²) in [5, 5.41) is 11.6. The molecule has 1 rings (SSSR count). The van der Waals surface area contributed by atoms with Crippen LogP contribution in [0.5, 0.6) is 0 Å². The Morgan fingerprint density at radius 1 is 1.38 bits per heavy atom. The number of carbonyl (C=O) groups excluding carboxylic acids is 1. The molecule has 0 aliphatic carbocycles. The van der Waals surface area contributed by atoms with Gasteiger partial charge in [-0.1, -0.05) is 6.92 Å². The summed E-state index contributed by atoms with van der Waals surface area (Å²) in [5.41, 5.74) is 1.82. The summed E-state index contributed by atoms with van der Waals surface area (Å²) in [6.45, 7) is 2.55. The third-order valence-electron chi connectivity index (χ3n) is 2.35. The highest BCUT2D eigenvalue weighted by atomic mass is 16.3. The molecule has 16 heavy (non-hydrogen) atoms. The Labute approximate surface area is 95.9 Å². The summed E-state index contributed by atoms with van der Waals surface area (Å²) in [7, 11) is 1.91. The molecular formula is C12H18N2O2. The van der Waals surface area contributed by atoms with E-state index in [0.717, 1.165) is 11.4 Å². The molecule has 0 aliphatic rings. The number of benzene rings is 1. The molecule has 0 aromatic heterocycles. The van der Waals surface area contributed by atoms with Crippen LogP contribution in [0.3, 0.4) is 0 Å². The van der Waals surface area contributed by atoms with Crippen molar-refractivity contribution in [1.82, 2.24) is 0 Å². The summed E-state index contributed by atoms with van der Waals surface area (Å²) >= 11 is 0. The van der Waals surface area contributed by atoms with Crippen LogP contribution in [-0.4, -0.2) is 31.2 Å². The number of nitrogens with zero attached hydrogens (tertiary/aromatic N) is 1. The van der Waals surface area contributed by atoms with Crippen molar-refractivity contribution in [3.05, 3.63) is 24.3 Å². The van der Waals surface area contributed by atoms with Crippen molar-refractivity contribution >= 4 is 17.3 Å². The van der Waals surface area contributed by atoms with E-state index in [1.165, 1.54) is 0 Å². The minimum absolute atomic E-state index is 0.0106. The van der Waals surface area contributed by atoms with Gasteiger partial charge >= 0.3 is 0 Å². The van der Waals surface area contributed by atoms with E-state index >= 15 is 0 Å². The molecular weight excluding hydrogens is 204 g/mol. The standard InChI is InChI=1S/C12H18N2O2/c1-3-12(16)13-10-4-6-11(7-5-10)14(2)8-9-15/h4-7,15H,3,8-9H2,1-2H3,(H,13,16). The number of anilines is 2. The van der Waals surface area contributed by atoms with Crippen LogP contribution in [0.2, 0.25) is 0 Å². The highest BCUT2D eigenvalue weighted by Crippen LogP contribution is 2.16. The topological polar surface area (TPSA) is 52.6 Å². The van der Waals surface area contributed by atoms with Gasteiger partial charge in [0.05, 0.1) is 6.61 Å². The minimum Gasteiger partial charge on any atom is -0.395 e. The molecule has 0 saturated heterocycles. The molecule has 0 atom stereocenters. The Morgan fingerprint density at radius 3 is 2.50 bits per heavy atom. The molecule has 1 aromatic carbocycles. The number of likely N-dealkylation sites (N-methyl/N-ethyl adjacent to an activating group) is 1. The second-order valence-electron chi connectivity index (χ2n) is 3.59. The van der Waals surface area contributed by atoms with Crippen molar-refractivity contribution in [2.24, 2.45) is 0 Å². The van der Waals surface area contributed by atoms with Gasteiger partial charge in [-0.05, 0) is 24.3 Å². The van der Waals surface area contributed by atoms with Crippen LogP contribution in [0.1, 0.15) is 13.3 Å². The van der Waals surface area contributed by atoms with Gasteiger partial charge in [0.2, 0.25) is 5.91 Å². The Hall–Kier alpha value is -1.55. The quantitative estimate of drug-likeness (QED) is 0.793. The van der Waals surface area contributed by atoms with E-state index in [9.17, 15) is 4.79 Å². The molecule has 1 aromatic rings. The second kappa shape index (κ2) is 6.12. The SMILES string of the molecule is CCC(=O)Nc1ccc(N(C)CCO)cc1. The third kappa shape index (κ3) is 3.55. The predicted octanol–water partition coefficient (Wildman–Crippen LogP) is 1.46. The average molecular weight is 222 g/mol. The maximum absolute atomic E-state index is 11.1. The van der Waals surface area contributed by atoms with Gasteiger partial charge in [0.15, 0.2) is 0 Å². The van der Waals surface area contributed by atoms with E-state index in [1.54, 1.807) is 0 Å². The first-order valence-electron chi connectivity index (χ1n) is 5.39. The highest BCUT2D eigenvalue weighted by Gasteiger charge is 2.01. The lowest BCUT2D eigenvalue weighted by atomic mass is 10.2. The smallest absolute Gasteiger partial charge is 0.224 e. The van der Waals surface area contributed by atoms with E-state index in [0.29, 0.717) is 13.0 Å². The monoisotopic (exact) mass is 222 g/mol. The maximum Gasteiger partial charge on any atom is 0.224 e. The molecule has 4 nitrogen and oxygen atoms in total. The lowest BCUT2D eigenvalue weighted by Gasteiger charge is -2.18. The second-order valence-corrected chi connectivity index (χ2v) is 3.59. The van der Waals surface area contributed by atoms with Crippen molar-refractivity contribution in [2.45, 2.75) is 13.3 Å². The predicted molar refractivity (Wildman–Crippen MR) is 65.7 cm³/mol. The number of nitrogens with one attached hydrogen (secondary N) is 1.